The predicted molar refractivity (Wildman–Crippen MR) is 84.4 cm³/mol. The Hall–Kier alpha value is -1.72. The molecule has 0 N–H and O–H groups in total. The van der Waals surface area contributed by atoms with E-state index < -0.39 is 0 Å². The molecule has 2 rings (SSSR count). The number of hydrogen-bond acceptors (Lipinski definition) is 4. The van der Waals surface area contributed by atoms with E-state index in [4.69, 9.17) is 42.0 Å². The molecule has 0 radical (unpaired) electrons. The summed E-state index contributed by atoms with van der Waals surface area (Å²) in [7, 11) is 3.08. The zero-order valence-corrected chi connectivity index (χ0v) is 13.1. The lowest BCUT2D eigenvalue weighted by molar-refractivity contribution is 0.370. The monoisotopic (exact) mass is 326 g/mol. The van der Waals surface area contributed by atoms with Crippen molar-refractivity contribution in [1.29, 1.82) is 0 Å². The van der Waals surface area contributed by atoms with Crippen molar-refractivity contribution in [3.8, 4) is 23.0 Å². The lowest BCUT2D eigenvalue weighted by Crippen LogP contribution is -2.12. The molecule has 0 saturated carbocycles. The van der Waals surface area contributed by atoms with E-state index in [1.165, 1.54) is 0 Å². The summed E-state index contributed by atoms with van der Waals surface area (Å²) in [4.78, 5) is 0. The quantitative estimate of drug-likeness (QED) is 0.758. The summed E-state index contributed by atoms with van der Waals surface area (Å²) in [5.41, 5.74) is 0. The van der Waals surface area contributed by atoms with Crippen LogP contribution in [0.2, 0.25) is 10.0 Å². The number of benzene rings is 2. The molecule has 0 amide bonds. The molecular weight excluding hydrogens is 314 g/mol. The van der Waals surface area contributed by atoms with Gasteiger partial charge < -0.3 is 18.8 Å². The minimum atomic E-state index is -0.00398. The molecule has 2 aromatic rings. The largest absolute Gasteiger partial charge is 0.576 e. The Morgan fingerprint density at radius 2 is 1.14 bits per heavy atom. The maximum Gasteiger partial charge on any atom is 0.576 e. The van der Waals surface area contributed by atoms with Gasteiger partial charge in [0.05, 0.1) is 14.2 Å². The molecule has 0 aliphatic heterocycles. The highest BCUT2D eigenvalue weighted by Gasteiger charge is 2.09. The van der Waals surface area contributed by atoms with Gasteiger partial charge in [0, 0.05) is 22.2 Å². The summed E-state index contributed by atoms with van der Waals surface area (Å²) in [6.45, 7) is 0. The van der Waals surface area contributed by atoms with Gasteiger partial charge >= 0.3 is 7.69 Å². The highest BCUT2D eigenvalue weighted by atomic mass is 35.5. The molecule has 0 saturated heterocycles. The molecular formula is C14H13BCl2O4. The van der Waals surface area contributed by atoms with Crippen LogP contribution >= 0.6 is 23.2 Å². The summed E-state index contributed by atoms with van der Waals surface area (Å²) in [6, 6.07) is 10.2. The van der Waals surface area contributed by atoms with Crippen LogP contribution in [-0.2, 0) is 0 Å². The van der Waals surface area contributed by atoms with Crippen molar-refractivity contribution in [3.63, 3.8) is 0 Å². The number of hydrogen-bond donors (Lipinski definition) is 0. The Bertz CT molecular complexity index is 568. The average Bonchev–Trinajstić information content (AvgIpc) is 2.49. The molecule has 0 aliphatic rings. The van der Waals surface area contributed by atoms with E-state index in [1.807, 2.05) is 0 Å². The van der Waals surface area contributed by atoms with Gasteiger partial charge in [-0.2, -0.15) is 0 Å². The predicted octanol–water partition coefficient (Wildman–Crippen LogP) is 3.73. The summed E-state index contributed by atoms with van der Waals surface area (Å²) in [5, 5.41) is 1.14. The highest BCUT2D eigenvalue weighted by molar-refractivity contribution is 6.31. The number of halogens is 2. The lowest BCUT2D eigenvalue weighted by atomic mass is 10.2. The first-order valence-corrected chi connectivity index (χ1v) is 6.82. The lowest BCUT2D eigenvalue weighted by Gasteiger charge is -2.13. The molecule has 110 valence electrons. The molecule has 0 unspecified atom stereocenters. The van der Waals surface area contributed by atoms with Crippen molar-refractivity contribution in [1.82, 2.24) is 0 Å². The Balaban J connectivity index is 2.02. The maximum absolute atomic E-state index is 5.88. The molecule has 4 nitrogen and oxygen atoms in total. The van der Waals surface area contributed by atoms with Crippen molar-refractivity contribution < 1.29 is 18.8 Å². The number of ether oxygens (including phenoxy) is 2. The molecule has 0 atom stereocenters. The molecule has 21 heavy (non-hydrogen) atoms. The Kier molecular flexibility index (Phi) is 5.48. The zero-order valence-electron chi connectivity index (χ0n) is 11.6. The van der Waals surface area contributed by atoms with E-state index in [-0.39, 0.29) is 7.69 Å². The van der Waals surface area contributed by atoms with Crippen molar-refractivity contribution in [2.45, 2.75) is 0 Å². The van der Waals surface area contributed by atoms with Gasteiger partial charge in [0.25, 0.3) is 0 Å². The second kappa shape index (κ2) is 7.34. The molecule has 0 fully saturated rings. The van der Waals surface area contributed by atoms with Crippen LogP contribution < -0.4 is 18.8 Å². The summed E-state index contributed by atoms with van der Waals surface area (Å²) in [6.07, 6.45) is 0. The second-order valence-electron chi connectivity index (χ2n) is 4.00. The fourth-order valence-electron chi connectivity index (χ4n) is 1.68. The topological polar surface area (TPSA) is 36.9 Å². The van der Waals surface area contributed by atoms with E-state index in [0.29, 0.717) is 33.0 Å². The van der Waals surface area contributed by atoms with Crippen molar-refractivity contribution >= 4 is 30.9 Å². The molecule has 2 aromatic carbocycles. The Morgan fingerprint density at radius 3 is 1.52 bits per heavy atom. The SMILES string of the molecule is COc1cc(Cl)ccc1OBOc1ccc(Cl)cc1OC. The second-order valence-corrected chi connectivity index (χ2v) is 4.87. The van der Waals surface area contributed by atoms with Crippen molar-refractivity contribution in [2.75, 3.05) is 14.2 Å². The number of methoxy groups -OCH3 is 2. The summed E-state index contributed by atoms with van der Waals surface area (Å²) < 4.78 is 21.4. The fraction of sp³-hybridized carbons (Fsp3) is 0.143. The first-order chi connectivity index (χ1) is 10.1. The molecule has 0 bridgehead atoms. The molecule has 0 aromatic heterocycles. The van der Waals surface area contributed by atoms with Gasteiger partial charge in [0.2, 0.25) is 0 Å². The van der Waals surface area contributed by atoms with Crippen molar-refractivity contribution in [2.24, 2.45) is 0 Å². The van der Waals surface area contributed by atoms with Crippen LogP contribution in [0.3, 0.4) is 0 Å². The summed E-state index contributed by atoms with van der Waals surface area (Å²) in [5.74, 6) is 2.15. The zero-order chi connectivity index (χ0) is 15.2. The number of rotatable bonds is 6. The Morgan fingerprint density at radius 1 is 0.714 bits per heavy atom. The fourth-order valence-corrected chi connectivity index (χ4v) is 2.00. The van der Waals surface area contributed by atoms with Gasteiger partial charge in [-0.15, -0.1) is 0 Å². The van der Waals surface area contributed by atoms with Crippen LogP contribution in [0, 0.1) is 0 Å². The molecule has 7 heteroatoms. The van der Waals surface area contributed by atoms with Gasteiger partial charge in [-0.1, -0.05) is 23.2 Å². The smallest absolute Gasteiger partial charge is 0.526 e. The molecule has 0 spiro atoms. The van der Waals surface area contributed by atoms with Crippen LogP contribution in [0.1, 0.15) is 0 Å². The van der Waals surface area contributed by atoms with Crippen LogP contribution in [-0.4, -0.2) is 21.9 Å². The van der Waals surface area contributed by atoms with Gasteiger partial charge in [0.15, 0.2) is 11.5 Å². The summed E-state index contributed by atoms with van der Waals surface area (Å²) >= 11 is 11.8. The molecule has 0 aliphatic carbocycles. The third kappa shape index (κ3) is 4.13. The first-order valence-electron chi connectivity index (χ1n) is 6.06. The highest BCUT2D eigenvalue weighted by Crippen LogP contribution is 2.31. The van der Waals surface area contributed by atoms with E-state index in [1.54, 1.807) is 50.6 Å². The van der Waals surface area contributed by atoms with E-state index in [9.17, 15) is 0 Å². The minimum Gasteiger partial charge on any atom is -0.526 e. The van der Waals surface area contributed by atoms with Crippen LogP contribution in [0.5, 0.6) is 23.0 Å². The van der Waals surface area contributed by atoms with Crippen LogP contribution in [0.25, 0.3) is 0 Å². The van der Waals surface area contributed by atoms with Gasteiger partial charge in [-0.25, -0.2) is 0 Å². The van der Waals surface area contributed by atoms with Gasteiger partial charge in [0.1, 0.15) is 11.5 Å². The van der Waals surface area contributed by atoms with Crippen LogP contribution in [0.15, 0.2) is 36.4 Å². The van der Waals surface area contributed by atoms with E-state index in [0.717, 1.165) is 0 Å². The maximum atomic E-state index is 5.88. The Labute approximate surface area is 133 Å². The van der Waals surface area contributed by atoms with Gasteiger partial charge in [-0.05, 0) is 24.3 Å². The van der Waals surface area contributed by atoms with Gasteiger partial charge in [-0.3, -0.25) is 0 Å². The van der Waals surface area contributed by atoms with Crippen LogP contribution in [0.4, 0.5) is 0 Å². The van der Waals surface area contributed by atoms with E-state index in [2.05, 4.69) is 0 Å². The first kappa shape index (κ1) is 15.7. The minimum absolute atomic E-state index is 0.00398. The average molecular weight is 327 g/mol. The third-order valence-corrected chi connectivity index (χ3v) is 3.15. The normalized spacial score (nSPS) is 9.90. The van der Waals surface area contributed by atoms with Crippen molar-refractivity contribution in [3.05, 3.63) is 46.4 Å². The molecule has 0 heterocycles. The third-order valence-electron chi connectivity index (χ3n) is 2.68. The van der Waals surface area contributed by atoms with E-state index >= 15 is 0 Å². The standard InChI is InChI=1S/C14H13BCl2O4/c1-18-13-7-9(16)3-5-11(13)20-15-21-12-6-4-10(17)8-14(12)19-2/h3-8,15H,1-2H3.